The first-order valence-corrected chi connectivity index (χ1v) is 26.8. The van der Waals surface area contributed by atoms with Gasteiger partial charge in [0.05, 0.1) is 30.6 Å². The summed E-state index contributed by atoms with van der Waals surface area (Å²) in [7, 11) is 1.55. The van der Waals surface area contributed by atoms with Crippen LogP contribution in [0.5, 0.6) is 11.5 Å². The number of likely N-dealkylation sites (tertiary alicyclic amines) is 3. The van der Waals surface area contributed by atoms with Gasteiger partial charge in [-0.2, -0.15) is 0 Å². The van der Waals surface area contributed by atoms with Gasteiger partial charge < -0.3 is 50.5 Å². The molecule has 6 heterocycles. The number of aliphatic hydroxyl groups excluding tert-OH is 1. The number of fused-ring (bicyclic) bond motifs is 3. The van der Waals surface area contributed by atoms with Crippen LogP contribution in [0.2, 0.25) is 0 Å². The monoisotopic (exact) mass is 985 g/mol. The van der Waals surface area contributed by atoms with Crippen molar-refractivity contribution in [2.75, 3.05) is 76.2 Å². The van der Waals surface area contributed by atoms with Crippen molar-refractivity contribution in [3.63, 3.8) is 0 Å². The SMILES string of the molecule is C#Cc1ccc(CNC(=O)[C@@H]2C[C@@H](O)CN2C(=O)[C@@H](NC(=O)C2CCC3(CC2)CC(N2CCC(N4CCC(N5CCN6c7cc(-c8ccccc8O)nnc7NC[C@H]6C5)CC4)CC2)C3)C(C)(C)C)c(OC)c1. The Kier molecular flexibility index (Phi) is 14.5. The summed E-state index contributed by atoms with van der Waals surface area (Å²) >= 11 is 0. The maximum Gasteiger partial charge on any atom is 0.246 e. The van der Waals surface area contributed by atoms with Crippen molar-refractivity contribution in [3.05, 3.63) is 59.7 Å². The molecule has 72 heavy (non-hydrogen) atoms. The Morgan fingerprint density at radius 1 is 0.861 bits per heavy atom. The van der Waals surface area contributed by atoms with E-state index in [0.29, 0.717) is 52.2 Å². The number of carbonyl (C=O) groups excluding carboxylic acids is 3. The lowest BCUT2D eigenvalue weighted by molar-refractivity contribution is -0.145. The first-order chi connectivity index (χ1) is 34.7. The molecule has 3 aromatic rings. The number of terminal acetylenes is 1. The van der Waals surface area contributed by atoms with Crippen LogP contribution < -0.4 is 25.6 Å². The van der Waals surface area contributed by atoms with Gasteiger partial charge >= 0.3 is 0 Å². The predicted octanol–water partition coefficient (Wildman–Crippen LogP) is 4.83. The Labute approximate surface area is 425 Å². The highest BCUT2D eigenvalue weighted by atomic mass is 16.5. The Morgan fingerprint density at radius 2 is 1.56 bits per heavy atom. The molecule has 0 bridgehead atoms. The van der Waals surface area contributed by atoms with Crippen molar-refractivity contribution >= 4 is 29.2 Å². The molecule has 10 rings (SSSR count). The molecule has 0 radical (unpaired) electrons. The van der Waals surface area contributed by atoms with Gasteiger partial charge in [0, 0.05) is 86.4 Å². The Bertz CT molecular complexity index is 2490. The molecule has 3 amide bonds. The molecule has 7 aliphatic rings. The van der Waals surface area contributed by atoms with E-state index in [1.165, 1.54) is 69.6 Å². The maximum atomic E-state index is 14.3. The number of amides is 3. The fourth-order valence-corrected chi connectivity index (χ4v) is 13.5. The topological polar surface area (TPSA) is 179 Å². The summed E-state index contributed by atoms with van der Waals surface area (Å²) in [6, 6.07) is 15.3. The zero-order valence-electron chi connectivity index (χ0n) is 42.8. The number of carbonyl (C=O) groups is 3. The van der Waals surface area contributed by atoms with Gasteiger partial charge in [0.25, 0.3) is 0 Å². The van der Waals surface area contributed by atoms with Gasteiger partial charge in [-0.05, 0) is 132 Å². The van der Waals surface area contributed by atoms with Gasteiger partial charge in [-0.25, -0.2) is 0 Å². The van der Waals surface area contributed by atoms with Gasteiger partial charge in [-0.3, -0.25) is 19.3 Å². The minimum Gasteiger partial charge on any atom is -0.507 e. The molecule has 2 saturated carbocycles. The third kappa shape index (κ3) is 10.4. The van der Waals surface area contributed by atoms with Crippen LogP contribution in [0, 0.1) is 29.1 Å². The van der Waals surface area contributed by atoms with E-state index < -0.39 is 23.6 Å². The van der Waals surface area contributed by atoms with Crippen molar-refractivity contribution < 1.29 is 29.3 Å². The average molecular weight is 985 g/mol. The smallest absolute Gasteiger partial charge is 0.246 e. The summed E-state index contributed by atoms with van der Waals surface area (Å²) in [5, 5.41) is 39.7. The zero-order valence-corrected chi connectivity index (χ0v) is 42.8. The number of nitrogens with zero attached hydrogens (tertiary/aromatic N) is 7. The van der Waals surface area contributed by atoms with Gasteiger partial charge in [-0.1, -0.05) is 44.9 Å². The number of aromatic hydroxyl groups is 1. The number of hydrogen-bond donors (Lipinski definition) is 5. The molecule has 1 aromatic heterocycles. The number of nitrogens with one attached hydrogen (secondary N) is 3. The number of phenols is 1. The van der Waals surface area contributed by atoms with E-state index in [-0.39, 0.29) is 48.9 Å². The summed E-state index contributed by atoms with van der Waals surface area (Å²) in [5.74, 6) is 3.23. The number of phenolic OH excluding ortho intramolecular Hbond substituents is 1. The molecule has 386 valence electrons. The number of piperidine rings is 2. The Morgan fingerprint density at radius 3 is 2.24 bits per heavy atom. The van der Waals surface area contributed by atoms with E-state index in [4.69, 9.17) is 11.2 Å². The number of ether oxygens (including phenoxy) is 1. The molecule has 5 aliphatic heterocycles. The summed E-state index contributed by atoms with van der Waals surface area (Å²) in [5.41, 5.74) is 3.58. The highest BCUT2D eigenvalue weighted by Gasteiger charge is 2.50. The molecular weight excluding hydrogens is 909 g/mol. The number of para-hydroxylation sites is 1. The molecule has 5 N–H and O–H groups in total. The molecule has 6 fully saturated rings. The van der Waals surface area contributed by atoms with Crippen LogP contribution in [0.4, 0.5) is 11.5 Å². The van der Waals surface area contributed by atoms with Gasteiger partial charge in [0.1, 0.15) is 23.6 Å². The van der Waals surface area contributed by atoms with Gasteiger partial charge in [-0.15, -0.1) is 16.6 Å². The second-order valence-electron chi connectivity index (χ2n) is 23.2. The molecule has 1 spiro atoms. The van der Waals surface area contributed by atoms with Crippen LogP contribution in [0.15, 0.2) is 48.5 Å². The quantitative estimate of drug-likeness (QED) is 0.165. The van der Waals surface area contributed by atoms with E-state index in [0.717, 1.165) is 68.9 Å². The van der Waals surface area contributed by atoms with E-state index in [1.54, 1.807) is 25.3 Å². The van der Waals surface area contributed by atoms with E-state index in [9.17, 15) is 24.6 Å². The maximum absolute atomic E-state index is 14.3. The van der Waals surface area contributed by atoms with Crippen molar-refractivity contribution in [1.82, 2.24) is 40.4 Å². The lowest BCUT2D eigenvalue weighted by atomic mass is 9.56. The molecule has 4 saturated heterocycles. The number of hydrogen-bond acceptors (Lipinski definition) is 13. The minimum absolute atomic E-state index is 0.0283. The summed E-state index contributed by atoms with van der Waals surface area (Å²) in [6.45, 7) is 14.6. The number of anilines is 2. The largest absolute Gasteiger partial charge is 0.507 e. The molecule has 16 heteroatoms. The highest BCUT2D eigenvalue weighted by molar-refractivity contribution is 5.93. The molecule has 16 nitrogen and oxygen atoms in total. The van der Waals surface area contributed by atoms with Gasteiger partial charge in [0.15, 0.2) is 5.82 Å². The Balaban J connectivity index is 0.647. The molecule has 4 atom stereocenters. The minimum atomic E-state index is -0.867. The predicted molar refractivity (Wildman–Crippen MR) is 277 cm³/mol. The van der Waals surface area contributed by atoms with Crippen LogP contribution in [0.3, 0.4) is 0 Å². The lowest BCUT2D eigenvalue weighted by Crippen LogP contribution is -2.61. The van der Waals surface area contributed by atoms with Crippen LogP contribution in [0.25, 0.3) is 11.3 Å². The number of piperazine rings is 1. The average Bonchev–Trinajstić information content (AvgIpc) is 3.79. The fraction of sp³-hybridized carbons (Fsp3) is 0.625. The second-order valence-corrected chi connectivity index (χ2v) is 23.2. The van der Waals surface area contributed by atoms with Crippen molar-refractivity contribution in [3.8, 4) is 35.1 Å². The molecule has 2 aliphatic carbocycles. The summed E-state index contributed by atoms with van der Waals surface area (Å²) in [6.07, 6.45) is 15.9. The van der Waals surface area contributed by atoms with E-state index in [1.807, 2.05) is 45.0 Å². The number of benzene rings is 2. The van der Waals surface area contributed by atoms with Crippen molar-refractivity contribution in [2.45, 2.75) is 140 Å². The number of aliphatic hydroxyl groups is 1. The number of rotatable bonds is 11. The summed E-state index contributed by atoms with van der Waals surface area (Å²) < 4.78 is 5.49. The number of β-amino-alcohol motifs (C(OH)–C–C–N with tert-alkyl or cyclic N) is 1. The fourth-order valence-electron chi connectivity index (χ4n) is 13.5. The Hall–Kier alpha value is -5.47. The lowest BCUT2D eigenvalue weighted by Gasteiger charge is -2.56. The standard InChI is InChI=1S/C56H76N10O6/c1-6-36-11-12-38(49(27-36)72-5)32-58-53(70)47-28-43(67)35-66(47)54(71)50(55(2,3)4)59-52(69)37-13-19-56(20-14-37)30-41(31-56)63-23-15-39(16-24-63)62-21-17-40(18-22-62)64-25-26-65-42(34-64)33-57-51-46(65)29-45(60-61-51)44-9-7-8-10-48(44)68/h1,7-12,27,29,37,39-43,47,50,67-68H,13-26,28,30-35H2,2-5H3,(H,57,61)(H,58,70)(H,59,69)/t37?,41?,42-,43+,47-,50+,56?/m0/s1. The third-order valence-corrected chi connectivity index (χ3v) is 17.8. The van der Waals surface area contributed by atoms with E-state index >= 15 is 0 Å². The van der Waals surface area contributed by atoms with E-state index in [2.05, 4.69) is 57.7 Å². The van der Waals surface area contributed by atoms with Crippen LogP contribution in [0.1, 0.15) is 103 Å². The summed E-state index contributed by atoms with van der Waals surface area (Å²) in [4.78, 5) is 54.2. The first-order valence-electron chi connectivity index (χ1n) is 26.8. The van der Waals surface area contributed by atoms with Crippen molar-refractivity contribution in [2.24, 2.45) is 16.7 Å². The third-order valence-electron chi connectivity index (χ3n) is 17.8. The molecule has 2 aromatic carbocycles. The van der Waals surface area contributed by atoms with Crippen LogP contribution >= 0.6 is 0 Å². The van der Waals surface area contributed by atoms with Crippen molar-refractivity contribution in [1.29, 1.82) is 0 Å². The van der Waals surface area contributed by atoms with Gasteiger partial charge in [0.2, 0.25) is 17.7 Å². The first kappa shape index (κ1) is 50.1. The molecule has 0 unspecified atom stereocenters. The number of aromatic nitrogens is 2. The normalized spacial score (nSPS) is 28.0. The highest BCUT2D eigenvalue weighted by Crippen LogP contribution is 2.55. The zero-order chi connectivity index (χ0) is 50.3. The molecular formula is C56H76N10O6. The van der Waals surface area contributed by atoms with Crippen LogP contribution in [-0.2, 0) is 20.9 Å². The second kappa shape index (κ2) is 20.8. The number of methoxy groups -OCH3 is 1. The van der Waals surface area contributed by atoms with Crippen LogP contribution in [-0.4, -0.2) is 166 Å².